The number of hydrogen-bond acceptors (Lipinski definition) is 4. The second kappa shape index (κ2) is 6.40. The average molecular weight is 225 g/mol. The maximum atomic E-state index is 11.4. The number of unbranched alkanes of at least 4 members (excludes halogenated alkanes) is 1. The summed E-state index contributed by atoms with van der Waals surface area (Å²) in [4.78, 5) is 13.0. The molecule has 1 amide bonds. The van der Waals surface area contributed by atoms with Gasteiger partial charge in [-0.3, -0.25) is 9.69 Å². The van der Waals surface area contributed by atoms with Crippen molar-refractivity contribution >= 4 is 29.1 Å². The molecule has 1 rings (SSSR count). The van der Waals surface area contributed by atoms with Gasteiger partial charge in [-0.25, -0.2) is 0 Å². The average Bonchev–Trinajstić information content (AvgIpc) is 2.57. The Morgan fingerprint density at radius 1 is 1.67 bits per heavy atom. The van der Waals surface area contributed by atoms with Crippen LogP contribution in [0.1, 0.15) is 19.8 Å². The van der Waals surface area contributed by atoms with Crippen LogP contribution in [0.3, 0.4) is 0 Å². The van der Waals surface area contributed by atoms with Crippen molar-refractivity contribution in [2.45, 2.75) is 19.8 Å². The highest BCUT2D eigenvalue weighted by Gasteiger charge is 2.26. The monoisotopic (exact) mass is 225 g/mol. The fourth-order valence-corrected chi connectivity index (χ4v) is 1.90. The Morgan fingerprint density at radius 3 is 3.13 bits per heavy atom. The zero-order valence-corrected chi connectivity index (χ0v) is 9.66. The van der Waals surface area contributed by atoms with Crippen LogP contribution < -0.4 is 0 Å². The second-order valence-electron chi connectivity index (χ2n) is 3.05. The van der Waals surface area contributed by atoms with Gasteiger partial charge in [0.2, 0.25) is 5.91 Å². The molecule has 0 aromatic heterocycles. The molecular formula is C10H15N3OS. The van der Waals surface area contributed by atoms with Gasteiger partial charge in [-0.1, -0.05) is 31.2 Å². The Balaban J connectivity index is 2.59. The third kappa shape index (κ3) is 3.51. The third-order valence-corrected chi connectivity index (χ3v) is 2.76. The molecule has 0 saturated carbocycles. The van der Waals surface area contributed by atoms with Crippen LogP contribution in [-0.4, -0.2) is 34.5 Å². The fraction of sp³-hybridized carbons (Fsp3) is 0.500. The second-order valence-corrected chi connectivity index (χ2v) is 3.99. The molecule has 1 heterocycles. The molecule has 0 aromatic carbocycles. The van der Waals surface area contributed by atoms with E-state index in [9.17, 15) is 4.79 Å². The smallest absolute Gasteiger partial charge is 0.239 e. The van der Waals surface area contributed by atoms with E-state index in [0.717, 1.165) is 12.8 Å². The van der Waals surface area contributed by atoms with Gasteiger partial charge in [-0.05, 0) is 6.42 Å². The van der Waals surface area contributed by atoms with Crippen LogP contribution in [0.15, 0.2) is 22.9 Å². The first-order valence-corrected chi connectivity index (χ1v) is 5.91. The summed E-state index contributed by atoms with van der Waals surface area (Å²) in [7, 11) is 0. The Hall–Kier alpha value is -1.10. The molecule has 0 bridgehead atoms. The molecule has 4 nitrogen and oxygen atoms in total. The summed E-state index contributed by atoms with van der Waals surface area (Å²) < 4.78 is 0. The SMILES string of the molecule is C=CCN1C(=O)CS/C1=N/N=C/CCC. The van der Waals surface area contributed by atoms with E-state index in [0.29, 0.717) is 17.5 Å². The van der Waals surface area contributed by atoms with E-state index in [4.69, 9.17) is 0 Å². The summed E-state index contributed by atoms with van der Waals surface area (Å²) in [6.45, 7) is 6.19. The predicted molar refractivity (Wildman–Crippen MR) is 65.2 cm³/mol. The van der Waals surface area contributed by atoms with Crippen LogP contribution in [0.4, 0.5) is 0 Å². The molecule has 1 aliphatic heterocycles. The summed E-state index contributed by atoms with van der Waals surface area (Å²) in [6.07, 6.45) is 5.42. The molecule has 5 heteroatoms. The molecule has 0 N–H and O–H groups in total. The lowest BCUT2D eigenvalue weighted by molar-refractivity contribution is -0.123. The molecule has 0 unspecified atom stereocenters. The molecule has 0 radical (unpaired) electrons. The van der Waals surface area contributed by atoms with Crippen molar-refractivity contribution in [1.29, 1.82) is 0 Å². The third-order valence-electron chi connectivity index (χ3n) is 1.81. The Bertz CT molecular complexity index is 299. The lowest BCUT2D eigenvalue weighted by Crippen LogP contribution is -2.29. The fourth-order valence-electron chi connectivity index (χ4n) is 1.06. The number of carbonyl (C=O) groups excluding carboxylic acids is 1. The van der Waals surface area contributed by atoms with Crippen molar-refractivity contribution in [3.63, 3.8) is 0 Å². The maximum absolute atomic E-state index is 11.4. The Morgan fingerprint density at radius 2 is 2.47 bits per heavy atom. The highest BCUT2D eigenvalue weighted by molar-refractivity contribution is 8.15. The zero-order valence-electron chi connectivity index (χ0n) is 8.85. The van der Waals surface area contributed by atoms with E-state index in [1.807, 2.05) is 0 Å². The van der Waals surface area contributed by atoms with Crippen molar-refractivity contribution in [2.24, 2.45) is 10.2 Å². The number of hydrogen-bond donors (Lipinski definition) is 0. The zero-order chi connectivity index (χ0) is 11.1. The van der Waals surface area contributed by atoms with E-state index in [1.54, 1.807) is 17.2 Å². The Labute approximate surface area is 94.1 Å². The van der Waals surface area contributed by atoms with Gasteiger partial charge in [0.1, 0.15) is 0 Å². The normalized spacial score (nSPS) is 19.4. The van der Waals surface area contributed by atoms with Gasteiger partial charge in [0, 0.05) is 12.8 Å². The maximum Gasteiger partial charge on any atom is 0.239 e. The van der Waals surface area contributed by atoms with E-state index in [2.05, 4.69) is 23.7 Å². The first-order chi connectivity index (χ1) is 7.29. The minimum absolute atomic E-state index is 0.0735. The van der Waals surface area contributed by atoms with E-state index in [-0.39, 0.29) is 5.91 Å². The van der Waals surface area contributed by atoms with Gasteiger partial charge in [-0.2, -0.15) is 5.10 Å². The van der Waals surface area contributed by atoms with Crippen molar-refractivity contribution in [3.8, 4) is 0 Å². The van der Waals surface area contributed by atoms with Crippen LogP contribution in [0, 0.1) is 0 Å². The van der Waals surface area contributed by atoms with Crippen molar-refractivity contribution in [1.82, 2.24) is 4.90 Å². The lowest BCUT2D eigenvalue weighted by atomic mass is 10.4. The summed E-state index contributed by atoms with van der Waals surface area (Å²) in [5.74, 6) is 0.528. The van der Waals surface area contributed by atoms with Crippen molar-refractivity contribution < 1.29 is 4.79 Å². The largest absolute Gasteiger partial charge is 0.285 e. The molecule has 0 atom stereocenters. The number of rotatable bonds is 5. The summed E-state index contributed by atoms with van der Waals surface area (Å²) in [6, 6.07) is 0. The minimum Gasteiger partial charge on any atom is -0.285 e. The van der Waals surface area contributed by atoms with Crippen molar-refractivity contribution in [2.75, 3.05) is 12.3 Å². The van der Waals surface area contributed by atoms with Gasteiger partial charge in [0.05, 0.1) is 5.75 Å². The van der Waals surface area contributed by atoms with Gasteiger partial charge >= 0.3 is 0 Å². The van der Waals surface area contributed by atoms with Gasteiger partial charge < -0.3 is 0 Å². The number of carbonyl (C=O) groups is 1. The first-order valence-electron chi connectivity index (χ1n) is 4.93. The number of amides is 1. The highest BCUT2D eigenvalue weighted by atomic mass is 32.2. The number of nitrogens with zero attached hydrogens (tertiary/aromatic N) is 3. The quantitative estimate of drug-likeness (QED) is 0.407. The molecule has 0 spiro atoms. The number of thioether (sulfide) groups is 1. The van der Waals surface area contributed by atoms with E-state index >= 15 is 0 Å². The molecule has 0 aromatic rings. The molecule has 0 aliphatic carbocycles. The van der Waals surface area contributed by atoms with Gasteiger partial charge in [0.25, 0.3) is 0 Å². The van der Waals surface area contributed by atoms with E-state index in [1.165, 1.54) is 11.8 Å². The highest BCUT2D eigenvalue weighted by Crippen LogP contribution is 2.18. The number of amidine groups is 1. The van der Waals surface area contributed by atoms with Crippen LogP contribution in [0.5, 0.6) is 0 Å². The van der Waals surface area contributed by atoms with E-state index < -0.39 is 0 Å². The molecule has 1 fully saturated rings. The molecule has 15 heavy (non-hydrogen) atoms. The lowest BCUT2D eigenvalue weighted by Gasteiger charge is -2.11. The molecule has 1 aliphatic rings. The minimum atomic E-state index is 0.0735. The van der Waals surface area contributed by atoms with Crippen molar-refractivity contribution in [3.05, 3.63) is 12.7 Å². The first kappa shape index (κ1) is 12.0. The molecule has 82 valence electrons. The van der Waals surface area contributed by atoms with Crippen LogP contribution in [0.25, 0.3) is 0 Å². The standard InChI is InChI=1S/C10H15N3OS/c1-3-5-6-11-12-10-13(7-4-2)9(14)8-15-10/h4,6H,2-3,5,7-8H2,1H3/b11-6+,12-10+. The predicted octanol–water partition coefficient (Wildman–Crippen LogP) is 1.89. The van der Waals surface area contributed by atoms with Gasteiger partial charge in [-0.15, -0.1) is 11.7 Å². The summed E-state index contributed by atoms with van der Waals surface area (Å²) >= 11 is 1.42. The van der Waals surface area contributed by atoms with Gasteiger partial charge in [0.15, 0.2) is 5.17 Å². The van der Waals surface area contributed by atoms with Crippen LogP contribution in [0.2, 0.25) is 0 Å². The summed E-state index contributed by atoms with van der Waals surface area (Å²) in [5, 5.41) is 8.61. The summed E-state index contributed by atoms with van der Waals surface area (Å²) in [5.41, 5.74) is 0. The molecule has 1 saturated heterocycles. The van der Waals surface area contributed by atoms with Crippen LogP contribution >= 0.6 is 11.8 Å². The Kier molecular flexibility index (Phi) is 5.10. The van der Waals surface area contributed by atoms with Crippen LogP contribution in [-0.2, 0) is 4.79 Å². The molecular weight excluding hydrogens is 210 g/mol. The topological polar surface area (TPSA) is 45.0 Å².